The van der Waals surface area contributed by atoms with Crippen molar-refractivity contribution >= 4 is 17.3 Å². The molecule has 0 unspecified atom stereocenters. The van der Waals surface area contributed by atoms with Crippen LogP contribution in [0.2, 0.25) is 5.02 Å². The monoisotopic (exact) mass is 315 g/mol. The van der Waals surface area contributed by atoms with E-state index in [1.54, 1.807) is 10.9 Å². The standard InChI is InChI=1S/C16H18ClN5/c1-11-14(12(2)21(3)20-11)9-18-13-8-19-22(10-13)16-7-5-4-6-15(16)17/h4-8,10,18H,9H2,1-3H3. The zero-order chi connectivity index (χ0) is 15.7. The number of nitrogens with one attached hydrogen (secondary N) is 1. The maximum atomic E-state index is 6.19. The number of hydrogen-bond acceptors (Lipinski definition) is 3. The van der Waals surface area contributed by atoms with E-state index in [1.807, 2.05) is 49.1 Å². The first-order valence-corrected chi connectivity index (χ1v) is 7.46. The molecule has 3 rings (SSSR count). The predicted molar refractivity (Wildman–Crippen MR) is 88.6 cm³/mol. The first-order valence-electron chi connectivity index (χ1n) is 7.09. The molecule has 2 heterocycles. The Morgan fingerprint density at radius 1 is 1.23 bits per heavy atom. The van der Waals surface area contributed by atoms with Crippen LogP contribution in [0.5, 0.6) is 0 Å². The number of aryl methyl sites for hydroxylation is 2. The molecule has 0 amide bonds. The van der Waals surface area contributed by atoms with E-state index in [0.717, 1.165) is 23.6 Å². The fourth-order valence-electron chi connectivity index (χ4n) is 2.45. The summed E-state index contributed by atoms with van der Waals surface area (Å²) < 4.78 is 3.67. The molecule has 6 heteroatoms. The minimum atomic E-state index is 0.677. The van der Waals surface area contributed by atoms with Crippen LogP contribution < -0.4 is 5.32 Å². The summed E-state index contributed by atoms with van der Waals surface area (Å²) in [7, 11) is 1.96. The van der Waals surface area contributed by atoms with Crippen LogP contribution in [0.25, 0.3) is 5.69 Å². The molecule has 0 saturated heterocycles. The highest BCUT2D eigenvalue weighted by Crippen LogP contribution is 2.21. The smallest absolute Gasteiger partial charge is 0.0832 e. The van der Waals surface area contributed by atoms with Crippen molar-refractivity contribution in [2.75, 3.05) is 5.32 Å². The van der Waals surface area contributed by atoms with Crippen LogP contribution in [0.3, 0.4) is 0 Å². The second-order valence-electron chi connectivity index (χ2n) is 5.25. The summed E-state index contributed by atoms with van der Waals surface area (Å²) in [5.74, 6) is 0. The molecule has 0 spiro atoms. The van der Waals surface area contributed by atoms with E-state index in [1.165, 1.54) is 11.3 Å². The number of nitrogens with zero attached hydrogens (tertiary/aromatic N) is 4. The molecule has 5 nitrogen and oxygen atoms in total. The van der Waals surface area contributed by atoms with Crippen LogP contribution in [0, 0.1) is 13.8 Å². The van der Waals surface area contributed by atoms with Gasteiger partial charge in [0.15, 0.2) is 0 Å². The minimum Gasteiger partial charge on any atom is -0.378 e. The fraction of sp³-hybridized carbons (Fsp3) is 0.250. The van der Waals surface area contributed by atoms with Gasteiger partial charge in [-0.25, -0.2) is 4.68 Å². The van der Waals surface area contributed by atoms with Gasteiger partial charge in [0.25, 0.3) is 0 Å². The number of hydrogen-bond donors (Lipinski definition) is 1. The Morgan fingerprint density at radius 2 is 2.00 bits per heavy atom. The van der Waals surface area contributed by atoms with E-state index in [2.05, 4.69) is 22.4 Å². The molecule has 0 radical (unpaired) electrons. The Balaban J connectivity index is 1.77. The lowest BCUT2D eigenvalue weighted by Gasteiger charge is -2.05. The van der Waals surface area contributed by atoms with Crippen LogP contribution >= 0.6 is 11.6 Å². The number of aromatic nitrogens is 4. The molecular weight excluding hydrogens is 298 g/mol. The average molecular weight is 316 g/mol. The van der Waals surface area contributed by atoms with Gasteiger partial charge < -0.3 is 5.32 Å². The Bertz CT molecular complexity index is 803. The van der Waals surface area contributed by atoms with Crippen molar-refractivity contribution in [1.82, 2.24) is 19.6 Å². The van der Waals surface area contributed by atoms with E-state index >= 15 is 0 Å². The van der Waals surface area contributed by atoms with E-state index in [9.17, 15) is 0 Å². The predicted octanol–water partition coefficient (Wildman–Crippen LogP) is 3.49. The molecule has 0 fully saturated rings. The molecule has 22 heavy (non-hydrogen) atoms. The first kappa shape index (κ1) is 14.7. The van der Waals surface area contributed by atoms with Gasteiger partial charge in [-0.1, -0.05) is 23.7 Å². The molecule has 0 atom stereocenters. The van der Waals surface area contributed by atoms with Gasteiger partial charge in [0.05, 0.1) is 34.5 Å². The third-order valence-electron chi connectivity index (χ3n) is 3.81. The van der Waals surface area contributed by atoms with Gasteiger partial charge in [0, 0.05) is 24.8 Å². The number of anilines is 1. The number of rotatable bonds is 4. The number of halogens is 1. The summed E-state index contributed by atoms with van der Waals surface area (Å²) in [5, 5.41) is 12.8. The zero-order valence-corrected chi connectivity index (χ0v) is 13.6. The highest BCUT2D eigenvalue weighted by atomic mass is 35.5. The molecule has 0 aliphatic carbocycles. The third kappa shape index (κ3) is 2.72. The van der Waals surface area contributed by atoms with Gasteiger partial charge >= 0.3 is 0 Å². The molecule has 0 aliphatic rings. The lowest BCUT2D eigenvalue weighted by atomic mass is 10.2. The highest BCUT2D eigenvalue weighted by molar-refractivity contribution is 6.32. The van der Waals surface area contributed by atoms with Crippen molar-refractivity contribution in [3.05, 3.63) is 58.6 Å². The minimum absolute atomic E-state index is 0.677. The lowest BCUT2D eigenvalue weighted by Crippen LogP contribution is -2.01. The molecule has 3 aromatic rings. The van der Waals surface area contributed by atoms with E-state index in [0.29, 0.717) is 5.02 Å². The van der Waals surface area contributed by atoms with Crippen molar-refractivity contribution < 1.29 is 0 Å². The van der Waals surface area contributed by atoms with E-state index in [4.69, 9.17) is 11.6 Å². The summed E-state index contributed by atoms with van der Waals surface area (Å²) in [6.07, 6.45) is 3.73. The Morgan fingerprint density at radius 3 is 2.68 bits per heavy atom. The van der Waals surface area contributed by atoms with E-state index in [-0.39, 0.29) is 0 Å². The van der Waals surface area contributed by atoms with Gasteiger partial charge in [-0.2, -0.15) is 10.2 Å². The highest BCUT2D eigenvalue weighted by Gasteiger charge is 2.10. The van der Waals surface area contributed by atoms with Gasteiger partial charge in [-0.05, 0) is 26.0 Å². The Labute approximate surface area is 134 Å². The molecule has 2 aromatic heterocycles. The topological polar surface area (TPSA) is 47.7 Å². The van der Waals surface area contributed by atoms with Crippen LogP contribution in [-0.4, -0.2) is 19.6 Å². The maximum absolute atomic E-state index is 6.19. The van der Waals surface area contributed by atoms with Crippen molar-refractivity contribution in [2.45, 2.75) is 20.4 Å². The van der Waals surface area contributed by atoms with Crippen molar-refractivity contribution in [3.63, 3.8) is 0 Å². The quantitative estimate of drug-likeness (QED) is 0.801. The van der Waals surface area contributed by atoms with Crippen LogP contribution in [-0.2, 0) is 13.6 Å². The average Bonchev–Trinajstić information content (AvgIpc) is 3.04. The number of benzene rings is 1. The lowest BCUT2D eigenvalue weighted by molar-refractivity contribution is 0.730. The Kier molecular flexibility index (Phi) is 3.90. The van der Waals surface area contributed by atoms with Gasteiger partial charge in [0.1, 0.15) is 0 Å². The van der Waals surface area contributed by atoms with Gasteiger partial charge in [0.2, 0.25) is 0 Å². The van der Waals surface area contributed by atoms with Crippen LogP contribution in [0.1, 0.15) is 17.0 Å². The second kappa shape index (κ2) is 5.85. The normalized spacial score (nSPS) is 10.9. The molecule has 0 bridgehead atoms. The maximum Gasteiger partial charge on any atom is 0.0832 e. The SMILES string of the molecule is Cc1nn(C)c(C)c1CNc1cnn(-c2ccccc2Cl)c1. The van der Waals surface area contributed by atoms with Crippen molar-refractivity contribution in [2.24, 2.45) is 7.05 Å². The summed E-state index contributed by atoms with van der Waals surface area (Å²) >= 11 is 6.19. The summed E-state index contributed by atoms with van der Waals surface area (Å²) in [6, 6.07) is 7.64. The summed E-state index contributed by atoms with van der Waals surface area (Å²) in [4.78, 5) is 0. The molecule has 0 aliphatic heterocycles. The first-order chi connectivity index (χ1) is 10.6. The molecular formula is C16H18ClN5. The van der Waals surface area contributed by atoms with E-state index < -0.39 is 0 Å². The Hall–Kier alpha value is -2.27. The molecule has 114 valence electrons. The molecule has 1 aromatic carbocycles. The van der Waals surface area contributed by atoms with Gasteiger partial charge in [-0.3, -0.25) is 4.68 Å². The summed E-state index contributed by atoms with van der Waals surface area (Å²) in [5.41, 5.74) is 5.25. The van der Waals surface area contributed by atoms with Crippen molar-refractivity contribution in [3.8, 4) is 5.69 Å². The van der Waals surface area contributed by atoms with Crippen LogP contribution in [0.4, 0.5) is 5.69 Å². The zero-order valence-electron chi connectivity index (χ0n) is 12.8. The molecule has 0 saturated carbocycles. The van der Waals surface area contributed by atoms with Crippen molar-refractivity contribution in [1.29, 1.82) is 0 Å². The second-order valence-corrected chi connectivity index (χ2v) is 5.66. The van der Waals surface area contributed by atoms with Gasteiger partial charge in [-0.15, -0.1) is 0 Å². The van der Waals surface area contributed by atoms with Crippen LogP contribution in [0.15, 0.2) is 36.7 Å². The summed E-state index contributed by atoms with van der Waals surface area (Å²) in [6.45, 7) is 4.82. The third-order valence-corrected chi connectivity index (χ3v) is 4.13. The number of para-hydroxylation sites is 1. The molecule has 1 N–H and O–H groups in total. The fourth-order valence-corrected chi connectivity index (χ4v) is 2.67. The largest absolute Gasteiger partial charge is 0.378 e.